The number of aromatic carboxylic acids is 1. The van der Waals surface area contributed by atoms with Crippen LogP contribution in [0.1, 0.15) is 10.4 Å². The van der Waals surface area contributed by atoms with Crippen LogP contribution in [0, 0.1) is 10.1 Å². The molecule has 1 aromatic carbocycles. The number of ether oxygens (including phenoxy) is 1. The molecule has 0 aliphatic rings. The highest BCUT2D eigenvalue weighted by Gasteiger charge is 2.39. The van der Waals surface area contributed by atoms with Crippen molar-refractivity contribution in [1.29, 1.82) is 0 Å². The van der Waals surface area contributed by atoms with Crippen molar-refractivity contribution in [2.75, 3.05) is 6.61 Å². The molecule has 1 rings (SSSR count). The lowest BCUT2D eigenvalue weighted by molar-refractivity contribution is -0.386. The third-order valence-electron chi connectivity index (χ3n) is 2.18. The molecular weight excluding hydrogens is 287 g/mol. The minimum atomic E-state index is -4.98. The van der Waals surface area contributed by atoms with Crippen molar-refractivity contribution < 1.29 is 37.8 Å². The van der Waals surface area contributed by atoms with E-state index in [1.54, 1.807) is 0 Å². The van der Waals surface area contributed by atoms with Gasteiger partial charge in [0.25, 0.3) is 0 Å². The number of carboxylic acid groups (broad SMARTS) is 1. The van der Waals surface area contributed by atoms with Crippen LogP contribution in [0.15, 0.2) is 18.2 Å². The first-order chi connectivity index (χ1) is 9.14. The van der Waals surface area contributed by atoms with Gasteiger partial charge in [-0.05, 0) is 6.07 Å². The van der Waals surface area contributed by atoms with Crippen LogP contribution in [-0.2, 0) is 0 Å². The summed E-state index contributed by atoms with van der Waals surface area (Å²) in [6.07, 6.45) is -7.86. The van der Waals surface area contributed by atoms with E-state index in [4.69, 9.17) is 10.2 Å². The number of halogens is 3. The van der Waals surface area contributed by atoms with Crippen LogP contribution in [0.5, 0.6) is 5.75 Å². The number of para-hydroxylation sites is 1. The molecule has 0 aliphatic carbocycles. The van der Waals surface area contributed by atoms with Crippen LogP contribution in [-0.4, -0.2) is 40.0 Å². The van der Waals surface area contributed by atoms with E-state index in [1.807, 2.05) is 0 Å². The van der Waals surface area contributed by atoms with E-state index in [1.165, 1.54) is 0 Å². The van der Waals surface area contributed by atoms with Crippen molar-refractivity contribution in [2.24, 2.45) is 0 Å². The first-order valence-corrected chi connectivity index (χ1v) is 5.03. The van der Waals surface area contributed by atoms with Crippen LogP contribution >= 0.6 is 0 Å². The number of hydrogen-bond donors (Lipinski definition) is 2. The molecule has 110 valence electrons. The lowest BCUT2D eigenvalue weighted by atomic mass is 10.1. The zero-order valence-corrected chi connectivity index (χ0v) is 9.63. The molecular formula is C10H8F3NO6. The molecule has 0 amide bonds. The molecule has 0 spiro atoms. The summed E-state index contributed by atoms with van der Waals surface area (Å²) in [5.41, 5.74) is -1.48. The van der Waals surface area contributed by atoms with Gasteiger partial charge in [-0.25, -0.2) is 4.79 Å². The predicted octanol–water partition coefficient (Wildman–Crippen LogP) is 1.59. The van der Waals surface area contributed by atoms with Gasteiger partial charge in [-0.15, -0.1) is 0 Å². The molecule has 0 radical (unpaired) electrons. The van der Waals surface area contributed by atoms with Crippen LogP contribution in [0.3, 0.4) is 0 Å². The highest BCUT2D eigenvalue weighted by Crippen LogP contribution is 2.32. The van der Waals surface area contributed by atoms with Crippen molar-refractivity contribution in [3.8, 4) is 5.75 Å². The number of aliphatic hydroxyl groups excluding tert-OH is 1. The number of nitro groups is 1. The SMILES string of the molecule is O=C(O)c1cccc([N+](=O)[O-])c1OCC(O)C(F)(F)F. The maximum absolute atomic E-state index is 12.1. The number of benzene rings is 1. The predicted molar refractivity (Wildman–Crippen MR) is 57.6 cm³/mol. The number of rotatable bonds is 5. The topological polar surface area (TPSA) is 110 Å². The van der Waals surface area contributed by atoms with Gasteiger partial charge in [0.2, 0.25) is 5.75 Å². The number of alkyl halides is 3. The van der Waals surface area contributed by atoms with Gasteiger partial charge in [0.1, 0.15) is 12.2 Å². The number of carbonyl (C=O) groups is 1. The summed E-state index contributed by atoms with van der Waals surface area (Å²) in [6.45, 7) is -1.35. The van der Waals surface area contributed by atoms with E-state index in [2.05, 4.69) is 4.74 Å². The highest BCUT2D eigenvalue weighted by atomic mass is 19.4. The fourth-order valence-electron chi connectivity index (χ4n) is 1.25. The Morgan fingerprint density at radius 2 is 2.05 bits per heavy atom. The van der Waals surface area contributed by atoms with Crippen molar-refractivity contribution >= 4 is 11.7 Å². The molecule has 2 N–H and O–H groups in total. The van der Waals surface area contributed by atoms with Gasteiger partial charge in [0.15, 0.2) is 6.10 Å². The van der Waals surface area contributed by atoms with Crippen molar-refractivity contribution in [1.82, 2.24) is 0 Å². The van der Waals surface area contributed by atoms with Gasteiger partial charge in [0.05, 0.1) is 4.92 Å². The summed E-state index contributed by atoms with van der Waals surface area (Å²) in [7, 11) is 0. The first kappa shape index (κ1) is 15.7. The average molecular weight is 295 g/mol. The van der Waals surface area contributed by atoms with Gasteiger partial charge in [0, 0.05) is 6.07 Å². The molecule has 10 heteroatoms. The summed E-state index contributed by atoms with van der Waals surface area (Å²) in [5.74, 6) is -2.45. The average Bonchev–Trinajstić information content (AvgIpc) is 2.33. The zero-order chi connectivity index (χ0) is 15.5. The Labute approximate surface area is 109 Å². The summed E-state index contributed by atoms with van der Waals surface area (Å²) in [4.78, 5) is 20.5. The second-order valence-electron chi connectivity index (χ2n) is 3.58. The molecule has 0 fully saturated rings. The molecule has 0 aliphatic heterocycles. The molecule has 0 saturated carbocycles. The third-order valence-corrected chi connectivity index (χ3v) is 2.18. The van der Waals surface area contributed by atoms with Crippen molar-refractivity contribution in [2.45, 2.75) is 12.3 Å². The third kappa shape index (κ3) is 3.57. The summed E-state index contributed by atoms with van der Waals surface area (Å²) >= 11 is 0. The van der Waals surface area contributed by atoms with Gasteiger partial charge >= 0.3 is 17.8 Å². The molecule has 1 unspecified atom stereocenters. The van der Waals surface area contributed by atoms with Gasteiger partial charge < -0.3 is 14.9 Å². The highest BCUT2D eigenvalue weighted by molar-refractivity contribution is 5.92. The van der Waals surface area contributed by atoms with Crippen LogP contribution in [0.2, 0.25) is 0 Å². The maximum atomic E-state index is 12.1. The van der Waals surface area contributed by atoms with Gasteiger partial charge in [-0.1, -0.05) is 6.07 Å². The number of aliphatic hydroxyl groups is 1. The van der Waals surface area contributed by atoms with Gasteiger partial charge in [-0.2, -0.15) is 13.2 Å². The molecule has 0 heterocycles. The van der Waals surface area contributed by atoms with E-state index in [9.17, 15) is 28.1 Å². The van der Waals surface area contributed by atoms with Crippen LogP contribution < -0.4 is 4.74 Å². The smallest absolute Gasteiger partial charge is 0.417 e. The molecule has 0 saturated heterocycles. The largest absolute Gasteiger partial charge is 0.483 e. The fraction of sp³-hybridized carbons (Fsp3) is 0.300. The minimum absolute atomic E-state index is 0.673. The van der Waals surface area contributed by atoms with E-state index < -0.39 is 46.8 Å². The lowest BCUT2D eigenvalue weighted by Gasteiger charge is -2.16. The Balaban J connectivity index is 3.09. The second-order valence-corrected chi connectivity index (χ2v) is 3.58. The summed E-state index contributed by atoms with van der Waals surface area (Å²) in [5, 5.41) is 28.2. The van der Waals surface area contributed by atoms with Crippen LogP contribution in [0.4, 0.5) is 18.9 Å². The first-order valence-electron chi connectivity index (χ1n) is 5.03. The molecule has 1 atom stereocenters. The monoisotopic (exact) mass is 295 g/mol. The summed E-state index contributed by atoms with van der Waals surface area (Å²) in [6, 6.07) is 2.86. The molecule has 1 aromatic rings. The Morgan fingerprint density at radius 1 is 1.45 bits per heavy atom. The molecule has 7 nitrogen and oxygen atoms in total. The van der Waals surface area contributed by atoms with Crippen LogP contribution in [0.25, 0.3) is 0 Å². The number of nitrogens with zero attached hydrogens (tertiary/aromatic N) is 1. The van der Waals surface area contributed by atoms with Crippen molar-refractivity contribution in [3.05, 3.63) is 33.9 Å². The van der Waals surface area contributed by atoms with Gasteiger partial charge in [-0.3, -0.25) is 10.1 Å². The minimum Gasteiger partial charge on any atom is -0.483 e. The fourth-order valence-corrected chi connectivity index (χ4v) is 1.25. The quantitative estimate of drug-likeness (QED) is 0.630. The summed E-state index contributed by atoms with van der Waals surface area (Å²) < 4.78 is 40.8. The maximum Gasteiger partial charge on any atom is 0.417 e. The molecule has 0 bridgehead atoms. The Kier molecular flexibility index (Phi) is 4.50. The Morgan fingerprint density at radius 3 is 2.50 bits per heavy atom. The Hall–Kier alpha value is -2.36. The lowest BCUT2D eigenvalue weighted by Crippen LogP contribution is -2.34. The number of nitro benzene ring substituents is 1. The Bertz CT molecular complexity index is 498. The zero-order valence-electron chi connectivity index (χ0n) is 9.63. The second kappa shape index (κ2) is 5.74. The van der Waals surface area contributed by atoms with Crippen molar-refractivity contribution in [3.63, 3.8) is 0 Å². The molecule has 20 heavy (non-hydrogen) atoms. The van der Waals surface area contributed by atoms with E-state index in [0.29, 0.717) is 0 Å². The number of hydrogen-bond acceptors (Lipinski definition) is 5. The molecule has 0 aromatic heterocycles. The normalized spacial score (nSPS) is 12.8. The number of carboxylic acids is 1. The van der Waals surface area contributed by atoms with E-state index in [-0.39, 0.29) is 0 Å². The van der Waals surface area contributed by atoms with E-state index >= 15 is 0 Å². The standard InChI is InChI=1S/C10H8F3NO6/c11-10(12,13)7(15)4-20-8-5(9(16)17)2-1-3-6(8)14(18)19/h1-3,7,15H,4H2,(H,16,17). The van der Waals surface area contributed by atoms with E-state index in [0.717, 1.165) is 18.2 Å².